The Bertz CT molecular complexity index is 282. The number of nitrogens with zero attached hydrogens (tertiary/aromatic N) is 1. The van der Waals surface area contributed by atoms with E-state index in [9.17, 15) is 4.79 Å². The van der Waals surface area contributed by atoms with E-state index in [1.807, 2.05) is 0 Å². The number of rotatable bonds is 2. The number of carbonyl (C=O) groups is 1. The summed E-state index contributed by atoms with van der Waals surface area (Å²) in [6.07, 6.45) is 5.70. The van der Waals surface area contributed by atoms with Crippen LogP contribution in [0.4, 0.5) is 0 Å². The lowest BCUT2D eigenvalue weighted by molar-refractivity contribution is -0.132. The van der Waals surface area contributed by atoms with E-state index in [4.69, 9.17) is 0 Å². The minimum Gasteiger partial charge on any atom is -0.320 e. The molecule has 92 valence electrons. The zero-order valence-electron chi connectivity index (χ0n) is 11.2. The molecule has 1 saturated heterocycles. The van der Waals surface area contributed by atoms with E-state index < -0.39 is 0 Å². The van der Waals surface area contributed by atoms with Gasteiger partial charge in [0.15, 0.2) is 0 Å². The van der Waals surface area contributed by atoms with Crippen molar-refractivity contribution in [3.63, 3.8) is 0 Å². The first-order valence-corrected chi connectivity index (χ1v) is 6.24. The van der Waals surface area contributed by atoms with E-state index in [1.54, 1.807) is 11.1 Å². The molecule has 0 radical (unpaired) electrons. The highest BCUT2D eigenvalue weighted by Gasteiger charge is 2.36. The van der Waals surface area contributed by atoms with E-state index in [1.165, 1.54) is 6.42 Å². The fraction of sp³-hybridized carbons (Fsp3) is 0.786. The fourth-order valence-corrected chi connectivity index (χ4v) is 2.83. The molecule has 0 aromatic heterocycles. The van der Waals surface area contributed by atoms with Gasteiger partial charge in [0.1, 0.15) is 0 Å². The van der Waals surface area contributed by atoms with Gasteiger partial charge in [-0.05, 0) is 29.9 Å². The molecular formula is C14H25NO. The highest BCUT2D eigenvalue weighted by Crippen LogP contribution is 2.42. The summed E-state index contributed by atoms with van der Waals surface area (Å²) >= 11 is 0. The molecule has 1 rings (SSSR count). The zero-order valence-corrected chi connectivity index (χ0v) is 11.2. The van der Waals surface area contributed by atoms with E-state index in [0.29, 0.717) is 11.8 Å². The molecule has 1 atom stereocenters. The summed E-state index contributed by atoms with van der Waals surface area (Å²) in [6.45, 7) is 13.5. The first kappa shape index (κ1) is 13.3. The first-order valence-electron chi connectivity index (χ1n) is 6.24. The van der Waals surface area contributed by atoms with Gasteiger partial charge < -0.3 is 4.90 Å². The minimum absolute atomic E-state index is 0.101. The second-order valence-corrected chi connectivity index (χ2v) is 6.20. The van der Waals surface area contributed by atoms with Gasteiger partial charge in [-0.3, -0.25) is 4.79 Å². The second-order valence-electron chi connectivity index (χ2n) is 6.20. The fourth-order valence-electron chi connectivity index (χ4n) is 2.83. The molecule has 0 saturated carbocycles. The van der Waals surface area contributed by atoms with Gasteiger partial charge in [-0.25, -0.2) is 0 Å². The number of likely N-dealkylation sites (tertiary alicyclic amines) is 1. The lowest BCUT2D eigenvalue weighted by Crippen LogP contribution is -2.39. The van der Waals surface area contributed by atoms with E-state index >= 15 is 0 Å². The normalized spacial score (nSPS) is 30.8. The highest BCUT2D eigenvalue weighted by atomic mass is 16.2. The van der Waals surface area contributed by atoms with Crippen LogP contribution in [0.5, 0.6) is 0 Å². The standard InChI is InChI=1S/C14H25NO/c1-6-14(5)8-9-15(7-2)12(16)10-13(3,4)11-14/h7H,2,6,8-11H2,1,3-5H3. The number of hydrogen-bond donors (Lipinski definition) is 0. The van der Waals surface area contributed by atoms with E-state index in [2.05, 4.69) is 34.3 Å². The Hall–Kier alpha value is -0.790. The van der Waals surface area contributed by atoms with Gasteiger partial charge in [-0.1, -0.05) is 40.7 Å². The maximum absolute atomic E-state index is 12.0. The Kier molecular flexibility index (Phi) is 3.82. The summed E-state index contributed by atoms with van der Waals surface area (Å²) in [5.41, 5.74) is 0.453. The van der Waals surface area contributed by atoms with Gasteiger partial charge >= 0.3 is 0 Å². The van der Waals surface area contributed by atoms with Gasteiger partial charge in [0.25, 0.3) is 0 Å². The molecule has 1 heterocycles. The lowest BCUT2D eigenvalue weighted by Gasteiger charge is -2.41. The first-order chi connectivity index (χ1) is 7.32. The average Bonchev–Trinajstić information content (AvgIpc) is 2.15. The zero-order chi connectivity index (χ0) is 12.4. The molecule has 0 N–H and O–H groups in total. The summed E-state index contributed by atoms with van der Waals surface area (Å²) in [5.74, 6) is 0.221. The van der Waals surface area contributed by atoms with E-state index in [0.717, 1.165) is 19.4 Å². The van der Waals surface area contributed by atoms with Crippen LogP contribution in [0, 0.1) is 10.8 Å². The van der Waals surface area contributed by atoms with Crippen LogP contribution >= 0.6 is 0 Å². The third-order valence-electron chi connectivity index (χ3n) is 3.89. The van der Waals surface area contributed by atoms with Crippen LogP contribution in [0.1, 0.15) is 53.4 Å². The van der Waals surface area contributed by atoms with Crippen molar-refractivity contribution in [1.82, 2.24) is 4.90 Å². The molecule has 0 aliphatic carbocycles. The highest BCUT2D eigenvalue weighted by molar-refractivity contribution is 5.77. The third-order valence-corrected chi connectivity index (χ3v) is 3.89. The van der Waals surface area contributed by atoms with Crippen LogP contribution in [0.15, 0.2) is 12.8 Å². The maximum Gasteiger partial charge on any atom is 0.227 e. The molecule has 0 bridgehead atoms. The molecule has 0 aromatic rings. The molecule has 2 heteroatoms. The van der Waals surface area contributed by atoms with Crippen molar-refractivity contribution in [3.05, 3.63) is 12.8 Å². The number of amides is 1. The predicted molar refractivity (Wildman–Crippen MR) is 67.9 cm³/mol. The van der Waals surface area contributed by atoms with Gasteiger partial charge in [-0.2, -0.15) is 0 Å². The molecule has 0 aromatic carbocycles. The van der Waals surface area contributed by atoms with Crippen LogP contribution in [0.2, 0.25) is 0 Å². The van der Waals surface area contributed by atoms with Crippen molar-refractivity contribution in [3.8, 4) is 0 Å². The summed E-state index contributed by atoms with van der Waals surface area (Å²) in [4.78, 5) is 13.8. The smallest absolute Gasteiger partial charge is 0.227 e. The number of hydrogen-bond acceptors (Lipinski definition) is 1. The molecule has 1 fully saturated rings. The van der Waals surface area contributed by atoms with Crippen molar-refractivity contribution in [2.75, 3.05) is 6.54 Å². The van der Waals surface area contributed by atoms with Crippen molar-refractivity contribution in [1.29, 1.82) is 0 Å². The molecule has 0 spiro atoms. The topological polar surface area (TPSA) is 20.3 Å². The SMILES string of the molecule is C=CN1CCC(C)(CC)CC(C)(C)CC1=O. The summed E-state index contributed by atoms with van der Waals surface area (Å²) in [5, 5.41) is 0. The molecule has 1 aliphatic rings. The van der Waals surface area contributed by atoms with Gasteiger partial charge in [0.2, 0.25) is 5.91 Å². The van der Waals surface area contributed by atoms with Crippen LogP contribution in [-0.4, -0.2) is 17.4 Å². The third kappa shape index (κ3) is 3.10. The number of carbonyl (C=O) groups excluding carboxylic acids is 1. The molecule has 1 unspecified atom stereocenters. The van der Waals surface area contributed by atoms with Crippen LogP contribution in [0.25, 0.3) is 0 Å². The molecule has 16 heavy (non-hydrogen) atoms. The molecule has 2 nitrogen and oxygen atoms in total. The summed E-state index contributed by atoms with van der Waals surface area (Å²) in [7, 11) is 0. The van der Waals surface area contributed by atoms with Gasteiger partial charge in [0, 0.05) is 13.0 Å². The summed E-state index contributed by atoms with van der Waals surface area (Å²) < 4.78 is 0. The summed E-state index contributed by atoms with van der Waals surface area (Å²) in [6, 6.07) is 0. The molecule has 1 amide bonds. The van der Waals surface area contributed by atoms with Crippen molar-refractivity contribution >= 4 is 5.91 Å². The van der Waals surface area contributed by atoms with Crippen LogP contribution in [0.3, 0.4) is 0 Å². The Morgan fingerprint density at radius 1 is 1.44 bits per heavy atom. The second kappa shape index (κ2) is 4.60. The Balaban J connectivity index is 2.89. The van der Waals surface area contributed by atoms with E-state index in [-0.39, 0.29) is 11.3 Å². The van der Waals surface area contributed by atoms with Crippen LogP contribution < -0.4 is 0 Å². The van der Waals surface area contributed by atoms with Crippen molar-refractivity contribution in [2.45, 2.75) is 53.4 Å². The monoisotopic (exact) mass is 223 g/mol. The quantitative estimate of drug-likeness (QED) is 0.700. The van der Waals surface area contributed by atoms with Crippen LogP contribution in [-0.2, 0) is 4.79 Å². The Morgan fingerprint density at radius 3 is 2.56 bits per heavy atom. The molecule has 1 aliphatic heterocycles. The largest absolute Gasteiger partial charge is 0.320 e. The van der Waals surface area contributed by atoms with Crippen molar-refractivity contribution < 1.29 is 4.79 Å². The van der Waals surface area contributed by atoms with Gasteiger partial charge in [-0.15, -0.1) is 0 Å². The maximum atomic E-state index is 12.0. The Morgan fingerprint density at radius 2 is 2.06 bits per heavy atom. The predicted octanol–water partition coefficient (Wildman–Crippen LogP) is 3.58. The Labute approximate surface area is 99.7 Å². The van der Waals surface area contributed by atoms with Gasteiger partial charge in [0.05, 0.1) is 0 Å². The van der Waals surface area contributed by atoms with Crippen molar-refractivity contribution in [2.24, 2.45) is 10.8 Å². The molecular weight excluding hydrogens is 198 g/mol. The minimum atomic E-state index is 0.101. The average molecular weight is 223 g/mol. The lowest BCUT2D eigenvalue weighted by atomic mass is 9.68.